The zero-order valence-corrected chi connectivity index (χ0v) is 10.9. The molecule has 3 heterocycles. The third-order valence-corrected chi connectivity index (χ3v) is 3.38. The summed E-state index contributed by atoms with van der Waals surface area (Å²) in [4.78, 5) is 12.6. The minimum absolute atomic E-state index is 0.392. The van der Waals surface area contributed by atoms with Gasteiger partial charge in [-0.3, -0.25) is 4.68 Å². The maximum absolute atomic E-state index is 5.36. The van der Waals surface area contributed by atoms with Gasteiger partial charge in [0.15, 0.2) is 0 Å². The van der Waals surface area contributed by atoms with Crippen LogP contribution in [0.15, 0.2) is 29.2 Å². The highest BCUT2D eigenvalue weighted by atomic mass is 16.5. The summed E-state index contributed by atoms with van der Waals surface area (Å²) >= 11 is 0. The third-order valence-electron chi connectivity index (χ3n) is 3.38. The van der Waals surface area contributed by atoms with Crippen molar-refractivity contribution in [3.05, 3.63) is 30.2 Å². The Morgan fingerprint density at radius 3 is 2.75 bits per heavy atom. The number of rotatable bonds is 3. The molecule has 0 aromatic carbocycles. The highest BCUT2D eigenvalue weighted by molar-refractivity contribution is 5.57. The number of aromatic nitrogens is 6. The number of nitrogens with zero attached hydrogens (tertiary/aromatic N) is 6. The molecule has 7 nitrogen and oxygen atoms in total. The van der Waals surface area contributed by atoms with Crippen molar-refractivity contribution >= 4 is 0 Å². The van der Waals surface area contributed by atoms with E-state index in [9.17, 15) is 0 Å². The first-order chi connectivity index (χ1) is 9.83. The average Bonchev–Trinajstić information content (AvgIpc) is 3.08. The molecule has 1 aliphatic carbocycles. The predicted molar refractivity (Wildman–Crippen MR) is 69.5 cm³/mol. The van der Waals surface area contributed by atoms with Gasteiger partial charge >= 0.3 is 0 Å². The molecule has 3 aromatic rings. The summed E-state index contributed by atoms with van der Waals surface area (Å²) in [6, 6.07) is 1.75. The van der Waals surface area contributed by atoms with E-state index >= 15 is 0 Å². The zero-order chi connectivity index (χ0) is 13.5. The van der Waals surface area contributed by atoms with Crippen LogP contribution in [0, 0.1) is 0 Å². The van der Waals surface area contributed by atoms with E-state index in [1.807, 2.05) is 13.2 Å². The van der Waals surface area contributed by atoms with Gasteiger partial charge in [-0.2, -0.15) is 10.1 Å². The number of aryl methyl sites for hydroxylation is 1. The van der Waals surface area contributed by atoms with Crippen LogP contribution in [0.5, 0.6) is 0 Å². The van der Waals surface area contributed by atoms with Crippen molar-refractivity contribution in [1.82, 2.24) is 29.9 Å². The maximum atomic E-state index is 5.36. The highest BCUT2D eigenvalue weighted by Gasteiger charge is 2.31. The molecule has 1 fully saturated rings. The monoisotopic (exact) mass is 268 g/mol. The van der Waals surface area contributed by atoms with E-state index in [0.29, 0.717) is 23.5 Å². The first-order valence-electron chi connectivity index (χ1n) is 6.46. The van der Waals surface area contributed by atoms with Crippen LogP contribution in [0.2, 0.25) is 0 Å². The van der Waals surface area contributed by atoms with Crippen molar-refractivity contribution in [3.8, 4) is 23.2 Å². The molecule has 7 heteroatoms. The molecule has 100 valence electrons. The van der Waals surface area contributed by atoms with Gasteiger partial charge < -0.3 is 4.52 Å². The Morgan fingerprint density at radius 1 is 1.20 bits per heavy atom. The molecular formula is C13H12N6O. The lowest BCUT2D eigenvalue weighted by atomic mass is 10.1. The normalized spacial score (nSPS) is 14.7. The van der Waals surface area contributed by atoms with Gasteiger partial charge in [-0.1, -0.05) is 5.16 Å². The van der Waals surface area contributed by atoms with Gasteiger partial charge in [0.2, 0.25) is 11.6 Å². The van der Waals surface area contributed by atoms with Crippen molar-refractivity contribution in [2.24, 2.45) is 7.05 Å². The second-order valence-corrected chi connectivity index (χ2v) is 4.84. The molecule has 0 atom stereocenters. The molecule has 0 unspecified atom stereocenters. The highest BCUT2D eigenvalue weighted by Crippen LogP contribution is 2.43. The Hall–Kier alpha value is -2.57. The number of hydrogen-bond donors (Lipinski definition) is 0. The van der Waals surface area contributed by atoms with Crippen molar-refractivity contribution < 1.29 is 4.52 Å². The van der Waals surface area contributed by atoms with E-state index in [-0.39, 0.29) is 0 Å². The van der Waals surface area contributed by atoms with E-state index < -0.39 is 0 Å². The Labute approximate surface area is 114 Å². The first-order valence-corrected chi connectivity index (χ1v) is 6.46. The number of hydrogen-bond acceptors (Lipinski definition) is 6. The molecular weight excluding hydrogens is 256 g/mol. The van der Waals surface area contributed by atoms with Crippen molar-refractivity contribution in [2.45, 2.75) is 18.8 Å². The molecule has 0 saturated heterocycles. The topological polar surface area (TPSA) is 82.5 Å². The summed E-state index contributed by atoms with van der Waals surface area (Å²) in [5.74, 6) is 1.89. The SMILES string of the molecule is Cn1ncc(C2CC2)c1-c1nc(-c2ncccn2)no1. The molecule has 4 rings (SSSR count). The van der Waals surface area contributed by atoms with Crippen LogP contribution in [0.1, 0.15) is 24.3 Å². The van der Waals surface area contributed by atoms with Gasteiger partial charge in [0.05, 0.1) is 6.20 Å². The van der Waals surface area contributed by atoms with E-state index in [4.69, 9.17) is 4.52 Å². The Bertz CT molecular complexity index is 743. The maximum Gasteiger partial charge on any atom is 0.276 e. The van der Waals surface area contributed by atoms with Gasteiger partial charge in [0.1, 0.15) is 5.69 Å². The summed E-state index contributed by atoms with van der Waals surface area (Å²) in [5.41, 5.74) is 2.07. The van der Waals surface area contributed by atoms with Gasteiger partial charge in [-0.05, 0) is 24.8 Å². The van der Waals surface area contributed by atoms with E-state index in [1.165, 1.54) is 18.4 Å². The third kappa shape index (κ3) is 1.78. The zero-order valence-electron chi connectivity index (χ0n) is 10.9. The van der Waals surface area contributed by atoms with E-state index in [0.717, 1.165) is 5.69 Å². The lowest BCUT2D eigenvalue weighted by Gasteiger charge is -1.98. The van der Waals surface area contributed by atoms with Crippen LogP contribution in [0.3, 0.4) is 0 Å². The fourth-order valence-electron chi connectivity index (χ4n) is 2.23. The van der Waals surface area contributed by atoms with Crippen LogP contribution < -0.4 is 0 Å². The molecule has 0 radical (unpaired) electrons. The Morgan fingerprint density at radius 2 is 2.00 bits per heavy atom. The fraction of sp³-hybridized carbons (Fsp3) is 0.308. The van der Waals surface area contributed by atoms with Crippen LogP contribution in [0.4, 0.5) is 0 Å². The molecule has 0 spiro atoms. The van der Waals surface area contributed by atoms with Crippen LogP contribution in [-0.2, 0) is 7.05 Å². The first kappa shape index (κ1) is 11.3. The molecule has 3 aromatic heterocycles. The molecule has 1 aliphatic rings. The molecule has 0 N–H and O–H groups in total. The summed E-state index contributed by atoms with van der Waals surface area (Å²) < 4.78 is 7.14. The van der Waals surface area contributed by atoms with Crippen LogP contribution in [0.25, 0.3) is 23.2 Å². The molecule has 0 amide bonds. The molecule has 0 aliphatic heterocycles. The second-order valence-electron chi connectivity index (χ2n) is 4.84. The predicted octanol–water partition coefficient (Wildman–Crippen LogP) is 1.80. The standard InChI is InChI=1S/C13H12N6O/c1-19-10(9(7-16-19)8-3-4-8)13-17-12(18-20-13)11-14-5-2-6-15-11/h2,5-8H,3-4H2,1H3. The summed E-state index contributed by atoms with van der Waals surface area (Å²) in [6.07, 6.45) is 7.58. The molecule has 0 bridgehead atoms. The largest absolute Gasteiger partial charge is 0.332 e. The van der Waals surface area contributed by atoms with E-state index in [1.54, 1.807) is 23.1 Å². The summed E-state index contributed by atoms with van der Waals surface area (Å²) in [5, 5.41) is 8.25. The summed E-state index contributed by atoms with van der Waals surface area (Å²) in [6.45, 7) is 0. The van der Waals surface area contributed by atoms with Crippen LogP contribution >= 0.6 is 0 Å². The van der Waals surface area contributed by atoms with Crippen molar-refractivity contribution in [2.75, 3.05) is 0 Å². The van der Waals surface area contributed by atoms with Gasteiger partial charge in [-0.15, -0.1) is 0 Å². The van der Waals surface area contributed by atoms with Crippen molar-refractivity contribution in [1.29, 1.82) is 0 Å². The Kier molecular flexibility index (Phi) is 2.38. The van der Waals surface area contributed by atoms with E-state index in [2.05, 4.69) is 25.2 Å². The minimum atomic E-state index is 0.392. The smallest absolute Gasteiger partial charge is 0.276 e. The quantitative estimate of drug-likeness (QED) is 0.720. The van der Waals surface area contributed by atoms with Gasteiger partial charge in [0, 0.05) is 25.0 Å². The average molecular weight is 268 g/mol. The van der Waals surface area contributed by atoms with Crippen molar-refractivity contribution in [3.63, 3.8) is 0 Å². The second kappa shape index (κ2) is 4.22. The molecule has 1 saturated carbocycles. The van der Waals surface area contributed by atoms with Crippen LogP contribution in [-0.4, -0.2) is 29.9 Å². The lowest BCUT2D eigenvalue weighted by molar-refractivity contribution is 0.428. The van der Waals surface area contributed by atoms with Gasteiger partial charge in [-0.25, -0.2) is 9.97 Å². The minimum Gasteiger partial charge on any atom is -0.332 e. The molecule has 20 heavy (non-hydrogen) atoms. The Balaban J connectivity index is 1.77. The fourth-order valence-corrected chi connectivity index (χ4v) is 2.23. The van der Waals surface area contributed by atoms with Gasteiger partial charge in [0.25, 0.3) is 5.89 Å². The summed E-state index contributed by atoms with van der Waals surface area (Å²) in [7, 11) is 1.88. The lowest BCUT2D eigenvalue weighted by Crippen LogP contribution is -1.96.